The molecule has 0 amide bonds. The normalized spacial score (nSPS) is 11.0. The molecule has 1 aromatic carbocycles. The molecule has 22 heavy (non-hydrogen) atoms. The number of rotatable bonds is 4. The Morgan fingerprint density at radius 3 is 2.77 bits per heavy atom. The van der Waals surface area contributed by atoms with Crippen molar-refractivity contribution >= 4 is 28.5 Å². The van der Waals surface area contributed by atoms with E-state index in [0.717, 1.165) is 5.76 Å². The van der Waals surface area contributed by atoms with E-state index < -0.39 is 6.43 Å². The summed E-state index contributed by atoms with van der Waals surface area (Å²) in [6.45, 7) is 1.84. The molecule has 2 N–H and O–H groups in total. The van der Waals surface area contributed by atoms with Gasteiger partial charge in [0.1, 0.15) is 11.8 Å². The predicted molar refractivity (Wildman–Crippen MR) is 80.9 cm³/mol. The summed E-state index contributed by atoms with van der Waals surface area (Å²) < 4.78 is 34.7. The summed E-state index contributed by atoms with van der Waals surface area (Å²) >= 11 is 1.23. The largest absolute Gasteiger partial charge is 0.453 e. The van der Waals surface area contributed by atoms with Gasteiger partial charge in [0.25, 0.3) is 6.43 Å². The lowest BCUT2D eigenvalue weighted by Gasteiger charge is -2.08. The van der Waals surface area contributed by atoms with Crippen LogP contribution >= 0.6 is 11.9 Å². The number of aromatic amines is 1. The van der Waals surface area contributed by atoms with Crippen molar-refractivity contribution < 1.29 is 13.2 Å². The van der Waals surface area contributed by atoms with Crippen LogP contribution in [0.4, 0.5) is 14.5 Å². The molecule has 7 heteroatoms. The van der Waals surface area contributed by atoms with E-state index in [1.54, 1.807) is 6.07 Å². The smallest absolute Gasteiger partial charge is 0.264 e. The third-order valence-corrected chi connectivity index (χ3v) is 3.94. The number of anilines is 1. The van der Waals surface area contributed by atoms with Gasteiger partial charge < -0.3 is 14.1 Å². The van der Waals surface area contributed by atoms with Crippen LogP contribution in [0.3, 0.4) is 0 Å². The van der Waals surface area contributed by atoms with Gasteiger partial charge in [0.15, 0.2) is 5.09 Å². The van der Waals surface area contributed by atoms with E-state index in [-0.39, 0.29) is 16.5 Å². The minimum absolute atomic E-state index is 0.155. The standard InChI is InChI=1S/C15H11F2N3OS/c1-8-2-5-12(21-8)22-20-11-4-3-10(15(16)17)13-9(6-18)7-19-14(11)13/h2-5,7,15,19-20H,1H3. The van der Waals surface area contributed by atoms with Gasteiger partial charge in [-0.05, 0) is 25.1 Å². The molecule has 0 fully saturated rings. The summed E-state index contributed by atoms with van der Waals surface area (Å²) in [5.74, 6) is 0.786. The zero-order chi connectivity index (χ0) is 15.7. The molecule has 0 aliphatic carbocycles. The fourth-order valence-electron chi connectivity index (χ4n) is 2.20. The first-order chi connectivity index (χ1) is 10.6. The second-order valence-corrected chi connectivity index (χ2v) is 5.45. The van der Waals surface area contributed by atoms with Gasteiger partial charge in [-0.2, -0.15) is 5.26 Å². The van der Waals surface area contributed by atoms with Gasteiger partial charge in [-0.25, -0.2) is 8.78 Å². The third kappa shape index (κ3) is 2.53. The first-order valence-electron chi connectivity index (χ1n) is 6.41. The number of nitrogens with one attached hydrogen (secondary N) is 2. The van der Waals surface area contributed by atoms with Gasteiger partial charge in [0, 0.05) is 29.1 Å². The molecule has 4 nitrogen and oxygen atoms in total. The minimum atomic E-state index is -2.64. The monoisotopic (exact) mass is 319 g/mol. The number of furan rings is 1. The van der Waals surface area contributed by atoms with Crippen LogP contribution in [0.1, 0.15) is 23.3 Å². The van der Waals surface area contributed by atoms with Crippen LogP contribution in [0.15, 0.2) is 40.0 Å². The Morgan fingerprint density at radius 2 is 2.14 bits per heavy atom. The highest BCUT2D eigenvalue weighted by atomic mass is 32.2. The average Bonchev–Trinajstić information content (AvgIpc) is 3.10. The van der Waals surface area contributed by atoms with Gasteiger partial charge in [0.2, 0.25) is 0 Å². The number of nitriles is 1. The lowest BCUT2D eigenvalue weighted by molar-refractivity contribution is 0.153. The molecule has 0 bridgehead atoms. The van der Waals surface area contributed by atoms with E-state index in [1.807, 2.05) is 25.1 Å². The molecule has 0 saturated heterocycles. The first-order valence-corrected chi connectivity index (χ1v) is 7.23. The third-order valence-electron chi connectivity index (χ3n) is 3.20. The quantitative estimate of drug-likeness (QED) is 0.664. The van der Waals surface area contributed by atoms with E-state index in [1.165, 1.54) is 24.2 Å². The van der Waals surface area contributed by atoms with Crippen molar-refractivity contribution in [2.75, 3.05) is 4.72 Å². The number of alkyl halides is 2. The van der Waals surface area contributed by atoms with E-state index in [0.29, 0.717) is 16.3 Å². The number of fused-ring (bicyclic) bond motifs is 1. The SMILES string of the molecule is Cc1ccc(SNc2ccc(C(F)F)c3c(C#N)c[nH]c23)o1. The molecule has 3 aromatic rings. The van der Waals surface area contributed by atoms with Gasteiger partial charge in [-0.15, -0.1) is 0 Å². The lowest BCUT2D eigenvalue weighted by Crippen LogP contribution is -1.92. The Bertz CT molecular complexity index is 863. The fraction of sp³-hybridized carbons (Fsp3) is 0.133. The molecule has 3 rings (SSSR count). The average molecular weight is 319 g/mol. The second kappa shape index (κ2) is 5.73. The minimum Gasteiger partial charge on any atom is -0.453 e. The van der Waals surface area contributed by atoms with Crippen LogP contribution in [0, 0.1) is 18.3 Å². The number of H-pyrrole nitrogens is 1. The fourth-order valence-corrected chi connectivity index (χ4v) is 2.89. The van der Waals surface area contributed by atoms with Gasteiger partial charge in [-0.3, -0.25) is 0 Å². The molecule has 2 heterocycles. The Kier molecular flexibility index (Phi) is 3.77. The van der Waals surface area contributed by atoms with Gasteiger partial charge in [0.05, 0.1) is 16.8 Å². The Hall–Kier alpha value is -2.46. The van der Waals surface area contributed by atoms with Crippen LogP contribution < -0.4 is 4.72 Å². The van der Waals surface area contributed by atoms with E-state index >= 15 is 0 Å². The second-order valence-electron chi connectivity index (χ2n) is 4.64. The molecule has 0 aliphatic rings. The number of aryl methyl sites for hydroxylation is 1. The summed E-state index contributed by atoms with van der Waals surface area (Å²) in [5.41, 5.74) is 1.13. The number of nitrogens with zero attached hydrogens (tertiary/aromatic N) is 1. The maximum atomic E-state index is 13.1. The van der Waals surface area contributed by atoms with Crippen LogP contribution in [-0.4, -0.2) is 4.98 Å². The Morgan fingerprint density at radius 1 is 1.32 bits per heavy atom. The highest BCUT2D eigenvalue weighted by Gasteiger charge is 2.18. The summed E-state index contributed by atoms with van der Waals surface area (Å²) in [5, 5.41) is 9.99. The summed E-state index contributed by atoms with van der Waals surface area (Å²) in [6.07, 6.45) is -1.21. The Balaban J connectivity index is 1.99. The molecule has 0 unspecified atom stereocenters. The molecule has 2 aromatic heterocycles. The summed E-state index contributed by atoms with van der Waals surface area (Å²) in [6, 6.07) is 8.47. The van der Waals surface area contributed by atoms with E-state index in [9.17, 15) is 8.78 Å². The topological polar surface area (TPSA) is 64.8 Å². The molecule has 0 atom stereocenters. The highest BCUT2D eigenvalue weighted by Crippen LogP contribution is 2.35. The molecular formula is C15H11F2N3OS. The number of benzene rings is 1. The van der Waals surface area contributed by atoms with Crippen molar-refractivity contribution in [2.45, 2.75) is 18.4 Å². The van der Waals surface area contributed by atoms with Crippen molar-refractivity contribution in [3.8, 4) is 6.07 Å². The van der Waals surface area contributed by atoms with Crippen LogP contribution in [-0.2, 0) is 0 Å². The van der Waals surface area contributed by atoms with Crippen LogP contribution in [0.5, 0.6) is 0 Å². The maximum Gasteiger partial charge on any atom is 0.264 e. The zero-order valence-electron chi connectivity index (χ0n) is 11.5. The first kappa shape index (κ1) is 14.5. The summed E-state index contributed by atoms with van der Waals surface area (Å²) in [4.78, 5) is 2.88. The molecule has 0 radical (unpaired) electrons. The van der Waals surface area contributed by atoms with Crippen molar-refractivity contribution in [3.05, 3.63) is 47.3 Å². The van der Waals surface area contributed by atoms with Crippen molar-refractivity contribution in [3.63, 3.8) is 0 Å². The molecule has 0 spiro atoms. The number of halogens is 2. The summed E-state index contributed by atoms with van der Waals surface area (Å²) in [7, 11) is 0. The highest BCUT2D eigenvalue weighted by molar-refractivity contribution is 8.00. The molecule has 0 saturated carbocycles. The molecule has 0 aliphatic heterocycles. The maximum absolute atomic E-state index is 13.1. The van der Waals surface area contributed by atoms with Crippen molar-refractivity contribution in [1.29, 1.82) is 5.26 Å². The lowest BCUT2D eigenvalue weighted by atomic mass is 10.1. The van der Waals surface area contributed by atoms with E-state index in [4.69, 9.17) is 9.68 Å². The number of aromatic nitrogens is 1. The Labute approximate surface area is 129 Å². The van der Waals surface area contributed by atoms with Gasteiger partial charge in [-0.1, -0.05) is 6.07 Å². The zero-order valence-corrected chi connectivity index (χ0v) is 12.3. The van der Waals surface area contributed by atoms with Crippen molar-refractivity contribution in [2.24, 2.45) is 0 Å². The van der Waals surface area contributed by atoms with E-state index in [2.05, 4.69) is 9.71 Å². The van der Waals surface area contributed by atoms with Crippen LogP contribution in [0.25, 0.3) is 10.9 Å². The molecule has 112 valence electrons. The molecular weight excluding hydrogens is 308 g/mol. The van der Waals surface area contributed by atoms with Gasteiger partial charge >= 0.3 is 0 Å². The van der Waals surface area contributed by atoms with Crippen molar-refractivity contribution in [1.82, 2.24) is 4.98 Å². The number of hydrogen-bond acceptors (Lipinski definition) is 4. The number of hydrogen-bond donors (Lipinski definition) is 2. The predicted octanol–water partition coefficient (Wildman–Crippen LogP) is 5.00. The van der Waals surface area contributed by atoms with Crippen LogP contribution in [0.2, 0.25) is 0 Å².